The lowest BCUT2D eigenvalue weighted by molar-refractivity contribution is 0.433. The Labute approximate surface area is 94.6 Å². The van der Waals surface area contributed by atoms with Crippen LogP contribution >= 0.6 is 11.6 Å². The van der Waals surface area contributed by atoms with E-state index < -0.39 is 0 Å². The SMILES string of the molecule is Cc1cc(C2(C)CCCN2)cc(Cl)c1F. The molecule has 0 bridgehead atoms. The van der Waals surface area contributed by atoms with Crippen molar-refractivity contribution >= 4 is 11.6 Å². The Morgan fingerprint density at radius 2 is 2.20 bits per heavy atom. The molecule has 1 aliphatic heterocycles. The molecule has 1 unspecified atom stereocenters. The van der Waals surface area contributed by atoms with Gasteiger partial charge in [0.1, 0.15) is 5.82 Å². The Morgan fingerprint density at radius 1 is 1.47 bits per heavy atom. The summed E-state index contributed by atoms with van der Waals surface area (Å²) in [6.07, 6.45) is 2.24. The van der Waals surface area contributed by atoms with Gasteiger partial charge in [-0.15, -0.1) is 0 Å². The zero-order valence-corrected chi connectivity index (χ0v) is 9.79. The number of nitrogens with one attached hydrogen (secondary N) is 1. The van der Waals surface area contributed by atoms with Gasteiger partial charge in [-0.25, -0.2) is 4.39 Å². The maximum atomic E-state index is 13.4. The third-order valence-corrected chi connectivity index (χ3v) is 3.49. The minimum Gasteiger partial charge on any atom is -0.308 e. The van der Waals surface area contributed by atoms with Gasteiger partial charge < -0.3 is 5.32 Å². The lowest BCUT2D eigenvalue weighted by Gasteiger charge is -2.25. The number of halogens is 2. The summed E-state index contributed by atoms with van der Waals surface area (Å²) in [5.74, 6) is -0.304. The van der Waals surface area contributed by atoms with Crippen LogP contribution in [0.4, 0.5) is 4.39 Å². The number of benzene rings is 1. The monoisotopic (exact) mass is 227 g/mol. The first kappa shape index (κ1) is 10.9. The molecule has 82 valence electrons. The smallest absolute Gasteiger partial charge is 0.144 e. The zero-order chi connectivity index (χ0) is 11.1. The summed E-state index contributed by atoms with van der Waals surface area (Å²) in [4.78, 5) is 0. The normalized spacial score (nSPS) is 25.9. The van der Waals surface area contributed by atoms with E-state index >= 15 is 0 Å². The summed E-state index contributed by atoms with van der Waals surface area (Å²) in [6.45, 7) is 4.91. The highest BCUT2D eigenvalue weighted by Gasteiger charge is 2.30. The molecule has 3 heteroatoms. The fourth-order valence-corrected chi connectivity index (χ4v) is 2.45. The highest BCUT2D eigenvalue weighted by Crippen LogP contribution is 2.33. The van der Waals surface area contributed by atoms with Crippen LogP contribution in [0, 0.1) is 12.7 Å². The summed E-state index contributed by atoms with van der Waals surface area (Å²) in [5, 5.41) is 3.66. The van der Waals surface area contributed by atoms with Crippen LogP contribution in [0.3, 0.4) is 0 Å². The van der Waals surface area contributed by atoms with Crippen LogP contribution in [-0.2, 0) is 5.54 Å². The molecule has 1 atom stereocenters. The van der Waals surface area contributed by atoms with E-state index in [0.717, 1.165) is 24.9 Å². The van der Waals surface area contributed by atoms with Crippen LogP contribution in [0.5, 0.6) is 0 Å². The van der Waals surface area contributed by atoms with Gasteiger partial charge in [0, 0.05) is 5.54 Å². The molecule has 1 nitrogen and oxygen atoms in total. The predicted octanol–water partition coefficient (Wildman–Crippen LogP) is 3.39. The number of hydrogen-bond acceptors (Lipinski definition) is 1. The summed E-state index contributed by atoms with van der Waals surface area (Å²) in [5.41, 5.74) is 1.67. The Bertz CT molecular complexity index is 360. The van der Waals surface area contributed by atoms with Crippen LogP contribution in [0.1, 0.15) is 30.9 Å². The predicted molar refractivity (Wildman–Crippen MR) is 60.7 cm³/mol. The van der Waals surface area contributed by atoms with Crippen molar-refractivity contribution in [3.05, 3.63) is 34.1 Å². The van der Waals surface area contributed by atoms with E-state index in [4.69, 9.17) is 11.6 Å². The third kappa shape index (κ3) is 1.88. The molecule has 15 heavy (non-hydrogen) atoms. The average Bonchev–Trinajstić information content (AvgIpc) is 2.62. The van der Waals surface area contributed by atoms with E-state index in [0.29, 0.717) is 5.56 Å². The highest BCUT2D eigenvalue weighted by atomic mass is 35.5. The molecule has 0 aliphatic carbocycles. The lowest BCUT2D eigenvalue weighted by Crippen LogP contribution is -2.33. The minimum absolute atomic E-state index is 0.0396. The van der Waals surface area contributed by atoms with Gasteiger partial charge in [0.2, 0.25) is 0 Å². The van der Waals surface area contributed by atoms with Crippen molar-refractivity contribution < 1.29 is 4.39 Å². The van der Waals surface area contributed by atoms with Crippen molar-refractivity contribution in [3.63, 3.8) is 0 Å². The van der Waals surface area contributed by atoms with E-state index in [-0.39, 0.29) is 16.4 Å². The van der Waals surface area contributed by atoms with Gasteiger partial charge in [0.05, 0.1) is 5.02 Å². The number of aryl methyl sites for hydroxylation is 1. The van der Waals surface area contributed by atoms with E-state index in [2.05, 4.69) is 12.2 Å². The maximum absolute atomic E-state index is 13.4. The van der Waals surface area contributed by atoms with Crippen LogP contribution in [-0.4, -0.2) is 6.54 Å². The Morgan fingerprint density at radius 3 is 2.73 bits per heavy atom. The quantitative estimate of drug-likeness (QED) is 0.776. The second kappa shape index (κ2) is 3.76. The van der Waals surface area contributed by atoms with E-state index in [9.17, 15) is 4.39 Å². The third-order valence-electron chi connectivity index (χ3n) is 3.22. The fraction of sp³-hybridized carbons (Fsp3) is 0.500. The van der Waals surface area contributed by atoms with Crippen LogP contribution in [0.2, 0.25) is 5.02 Å². The Hall–Kier alpha value is -0.600. The molecule has 1 fully saturated rings. The minimum atomic E-state index is -0.304. The van der Waals surface area contributed by atoms with Gasteiger partial charge in [-0.1, -0.05) is 17.7 Å². The standard InChI is InChI=1S/C12H15ClFN/c1-8-6-9(7-10(13)11(8)14)12(2)4-3-5-15-12/h6-7,15H,3-5H2,1-2H3. The molecule has 0 radical (unpaired) electrons. The molecule has 1 heterocycles. The molecule has 0 spiro atoms. The van der Waals surface area contributed by atoms with Gasteiger partial charge in [-0.2, -0.15) is 0 Å². The van der Waals surface area contributed by atoms with Gasteiger partial charge >= 0.3 is 0 Å². The van der Waals surface area contributed by atoms with Crippen molar-refractivity contribution in [1.29, 1.82) is 0 Å². The van der Waals surface area contributed by atoms with Crippen molar-refractivity contribution in [2.24, 2.45) is 0 Å². The Kier molecular flexibility index (Phi) is 2.73. The topological polar surface area (TPSA) is 12.0 Å². The molecule has 0 saturated carbocycles. The van der Waals surface area contributed by atoms with Crippen molar-refractivity contribution in [2.45, 2.75) is 32.2 Å². The van der Waals surface area contributed by atoms with Crippen LogP contribution < -0.4 is 5.32 Å². The van der Waals surface area contributed by atoms with E-state index in [1.165, 1.54) is 0 Å². The number of rotatable bonds is 1. The molecule has 1 N–H and O–H groups in total. The van der Waals surface area contributed by atoms with Gasteiger partial charge in [0.15, 0.2) is 0 Å². The molecule has 0 amide bonds. The first-order valence-corrected chi connectivity index (χ1v) is 5.62. The molecule has 2 rings (SSSR count). The second-order valence-corrected chi connectivity index (χ2v) is 4.86. The summed E-state index contributed by atoms with van der Waals surface area (Å²) in [6, 6.07) is 3.63. The molecule has 1 aliphatic rings. The highest BCUT2D eigenvalue weighted by molar-refractivity contribution is 6.30. The van der Waals surface area contributed by atoms with Gasteiger partial charge in [-0.05, 0) is 50.4 Å². The fourth-order valence-electron chi connectivity index (χ4n) is 2.19. The summed E-state index contributed by atoms with van der Waals surface area (Å²) in [7, 11) is 0. The molecule has 1 saturated heterocycles. The van der Waals surface area contributed by atoms with Crippen molar-refractivity contribution in [1.82, 2.24) is 5.32 Å². The lowest BCUT2D eigenvalue weighted by atomic mass is 9.89. The van der Waals surface area contributed by atoms with Gasteiger partial charge in [0.25, 0.3) is 0 Å². The summed E-state index contributed by atoms with van der Waals surface area (Å²) < 4.78 is 13.4. The van der Waals surface area contributed by atoms with Crippen molar-refractivity contribution in [2.75, 3.05) is 6.54 Å². The zero-order valence-electron chi connectivity index (χ0n) is 9.03. The Balaban J connectivity index is 2.45. The molecular formula is C12H15ClFN. The number of hydrogen-bond donors (Lipinski definition) is 1. The molecule has 1 aromatic rings. The van der Waals surface area contributed by atoms with Gasteiger partial charge in [-0.3, -0.25) is 0 Å². The first-order valence-electron chi connectivity index (χ1n) is 5.24. The van der Waals surface area contributed by atoms with Crippen molar-refractivity contribution in [3.8, 4) is 0 Å². The first-order chi connectivity index (χ1) is 7.03. The largest absolute Gasteiger partial charge is 0.308 e. The molecular weight excluding hydrogens is 213 g/mol. The molecule has 1 aromatic carbocycles. The average molecular weight is 228 g/mol. The molecule has 0 aromatic heterocycles. The van der Waals surface area contributed by atoms with E-state index in [1.54, 1.807) is 13.0 Å². The van der Waals surface area contributed by atoms with Crippen LogP contribution in [0.15, 0.2) is 12.1 Å². The van der Waals surface area contributed by atoms with E-state index in [1.807, 2.05) is 6.07 Å². The summed E-state index contributed by atoms with van der Waals surface area (Å²) >= 11 is 5.86. The maximum Gasteiger partial charge on any atom is 0.144 e. The second-order valence-electron chi connectivity index (χ2n) is 4.45. The van der Waals surface area contributed by atoms with Crippen LogP contribution in [0.25, 0.3) is 0 Å².